The second-order valence-corrected chi connectivity index (χ2v) is 9.18. The number of likely N-dealkylation sites (N-methyl/N-ethyl adjacent to an activating group) is 1. The number of aryl methyl sites for hydroxylation is 1. The SMILES string of the molecule is Cc1ccc(C(C)C)c(OCC(=O)Nc2ccc(-c3ccc(N4CCN(C)CC4)nn3)cc2)c1. The number of hydrogen-bond acceptors (Lipinski definition) is 6. The third-order valence-corrected chi connectivity index (χ3v) is 6.09. The van der Waals surface area contributed by atoms with Gasteiger partial charge in [0.15, 0.2) is 12.4 Å². The van der Waals surface area contributed by atoms with Crippen molar-refractivity contribution in [2.24, 2.45) is 0 Å². The number of carbonyl (C=O) groups is 1. The first kappa shape index (κ1) is 23.7. The molecule has 0 aliphatic carbocycles. The average Bonchev–Trinajstić information content (AvgIpc) is 2.84. The zero-order valence-electron chi connectivity index (χ0n) is 20.4. The highest BCUT2D eigenvalue weighted by Gasteiger charge is 2.16. The monoisotopic (exact) mass is 459 g/mol. The average molecular weight is 460 g/mol. The van der Waals surface area contributed by atoms with E-state index in [1.807, 2.05) is 49.4 Å². The largest absolute Gasteiger partial charge is 0.483 e. The van der Waals surface area contributed by atoms with Crippen LogP contribution in [0.1, 0.15) is 30.9 Å². The number of carbonyl (C=O) groups excluding carboxylic acids is 1. The lowest BCUT2D eigenvalue weighted by atomic mass is 10.0. The highest BCUT2D eigenvalue weighted by Crippen LogP contribution is 2.27. The van der Waals surface area contributed by atoms with Crippen LogP contribution in [0.25, 0.3) is 11.3 Å². The fraction of sp³-hybridized carbons (Fsp3) is 0.370. The lowest BCUT2D eigenvalue weighted by Gasteiger charge is -2.32. The van der Waals surface area contributed by atoms with Crippen molar-refractivity contribution in [2.75, 3.05) is 50.1 Å². The third-order valence-electron chi connectivity index (χ3n) is 6.09. The van der Waals surface area contributed by atoms with Gasteiger partial charge in [0.2, 0.25) is 0 Å². The van der Waals surface area contributed by atoms with Crippen molar-refractivity contribution in [3.05, 3.63) is 65.7 Å². The molecule has 7 nitrogen and oxygen atoms in total. The molecule has 34 heavy (non-hydrogen) atoms. The molecule has 0 atom stereocenters. The van der Waals surface area contributed by atoms with E-state index < -0.39 is 0 Å². The third kappa shape index (κ3) is 5.91. The molecule has 1 amide bonds. The fourth-order valence-electron chi connectivity index (χ4n) is 3.99. The van der Waals surface area contributed by atoms with Crippen LogP contribution in [-0.2, 0) is 4.79 Å². The molecule has 7 heteroatoms. The number of hydrogen-bond donors (Lipinski definition) is 1. The number of benzene rings is 2. The van der Waals surface area contributed by atoms with Crippen molar-refractivity contribution in [3.63, 3.8) is 0 Å². The fourth-order valence-corrected chi connectivity index (χ4v) is 3.99. The first-order valence-corrected chi connectivity index (χ1v) is 11.8. The van der Waals surface area contributed by atoms with Crippen LogP contribution in [0.3, 0.4) is 0 Å². The number of piperazine rings is 1. The quantitative estimate of drug-likeness (QED) is 0.567. The Balaban J connectivity index is 1.33. The molecular weight excluding hydrogens is 426 g/mol. The highest BCUT2D eigenvalue weighted by molar-refractivity contribution is 5.92. The van der Waals surface area contributed by atoms with Crippen molar-refractivity contribution in [1.82, 2.24) is 15.1 Å². The predicted molar refractivity (Wildman–Crippen MR) is 137 cm³/mol. The van der Waals surface area contributed by atoms with Gasteiger partial charge in [0.05, 0.1) is 5.69 Å². The van der Waals surface area contributed by atoms with Crippen LogP contribution in [-0.4, -0.2) is 60.8 Å². The zero-order valence-corrected chi connectivity index (χ0v) is 20.4. The van der Waals surface area contributed by atoms with Crippen LogP contribution in [0.5, 0.6) is 5.75 Å². The Morgan fingerprint density at radius 1 is 1.00 bits per heavy atom. The molecule has 178 valence electrons. The molecule has 2 aromatic carbocycles. The summed E-state index contributed by atoms with van der Waals surface area (Å²) in [6.45, 7) is 10.2. The first-order valence-electron chi connectivity index (χ1n) is 11.8. The Labute approximate surface area is 201 Å². The van der Waals surface area contributed by atoms with Gasteiger partial charge in [0, 0.05) is 37.4 Å². The van der Waals surface area contributed by atoms with Crippen LogP contribution < -0.4 is 15.0 Å². The van der Waals surface area contributed by atoms with Gasteiger partial charge in [0.25, 0.3) is 5.91 Å². The van der Waals surface area contributed by atoms with Gasteiger partial charge < -0.3 is 19.9 Å². The van der Waals surface area contributed by atoms with Gasteiger partial charge >= 0.3 is 0 Å². The molecule has 1 saturated heterocycles. The van der Waals surface area contributed by atoms with Crippen LogP contribution in [0, 0.1) is 6.92 Å². The summed E-state index contributed by atoms with van der Waals surface area (Å²) < 4.78 is 5.84. The van der Waals surface area contributed by atoms with E-state index in [9.17, 15) is 4.79 Å². The Morgan fingerprint density at radius 2 is 1.74 bits per heavy atom. The summed E-state index contributed by atoms with van der Waals surface area (Å²) in [5.74, 6) is 1.80. The van der Waals surface area contributed by atoms with E-state index in [4.69, 9.17) is 4.74 Å². The molecule has 1 aromatic heterocycles. The van der Waals surface area contributed by atoms with E-state index in [1.54, 1.807) is 0 Å². The minimum Gasteiger partial charge on any atom is -0.483 e. The smallest absolute Gasteiger partial charge is 0.262 e. The molecular formula is C27H33N5O2. The molecule has 0 unspecified atom stereocenters. The molecule has 1 N–H and O–H groups in total. The van der Waals surface area contributed by atoms with E-state index in [2.05, 4.69) is 58.3 Å². The molecule has 3 aromatic rings. The maximum absolute atomic E-state index is 12.4. The normalized spacial score (nSPS) is 14.3. The van der Waals surface area contributed by atoms with Crippen molar-refractivity contribution in [2.45, 2.75) is 26.7 Å². The maximum atomic E-state index is 12.4. The zero-order chi connectivity index (χ0) is 24.1. The summed E-state index contributed by atoms with van der Waals surface area (Å²) in [5, 5.41) is 11.7. The van der Waals surface area contributed by atoms with Crippen molar-refractivity contribution in [1.29, 1.82) is 0 Å². The molecule has 0 bridgehead atoms. The summed E-state index contributed by atoms with van der Waals surface area (Å²) in [5.41, 5.74) is 4.68. The van der Waals surface area contributed by atoms with E-state index in [1.165, 1.54) is 0 Å². The lowest BCUT2D eigenvalue weighted by molar-refractivity contribution is -0.118. The summed E-state index contributed by atoms with van der Waals surface area (Å²) in [6.07, 6.45) is 0. The number of ether oxygens (including phenoxy) is 1. The molecule has 1 fully saturated rings. The van der Waals surface area contributed by atoms with Gasteiger partial charge in [-0.25, -0.2) is 0 Å². The second-order valence-electron chi connectivity index (χ2n) is 9.18. The van der Waals surface area contributed by atoms with Gasteiger partial charge in [-0.1, -0.05) is 38.1 Å². The Hall–Kier alpha value is -3.45. The Kier molecular flexibility index (Phi) is 7.43. The standard InChI is InChI=1S/C27H33N5O2/c1-19(2)23-10-5-20(3)17-25(23)34-18-27(33)28-22-8-6-21(7-9-22)24-11-12-26(30-29-24)32-15-13-31(4)14-16-32/h5-12,17,19H,13-16,18H2,1-4H3,(H,28,33). The van der Waals surface area contributed by atoms with E-state index in [0.717, 1.165) is 60.1 Å². The number of rotatable bonds is 7. The Morgan fingerprint density at radius 3 is 2.38 bits per heavy atom. The summed E-state index contributed by atoms with van der Waals surface area (Å²) in [7, 11) is 2.14. The molecule has 4 rings (SSSR count). The van der Waals surface area contributed by atoms with Crippen LogP contribution in [0.15, 0.2) is 54.6 Å². The van der Waals surface area contributed by atoms with Crippen molar-refractivity contribution >= 4 is 17.4 Å². The van der Waals surface area contributed by atoms with Crippen LogP contribution in [0.4, 0.5) is 11.5 Å². The second kappa shape index (κ2) is 10.7. The van der Waals surface area contributed by atoms with E-state index in [-0.39, 0.29) is 12.5 Å². The maximum Gasteiger partial charge on any atom is 0.262 e. The number of anilines is 2. The molecule has 1 aliphatic heterocycles. The summed E-state index contributed by atoms with van der Waals surface area (Å²) in [4.78, 5) is 17.0. The number of aromatic nitrogens is 2. The molecule has 0 saturated carbocycles. The van der Waals surface area contributed by atoms with Crippen molar-refractivity contribution < 1.29 is 9.53 Å². The van der Waals surface area contributed by atoms with Gasteiger partial charge in [-0.05, 0) is 61.3 Å². The number of nitrogens with one attached hydrogen (secondary N) is 1. The van der Waals surface area contributed by atoms with Crippen molar-refractivity contribution in [3.8, 4) is 17.0 Å². The topological polar surface area (TPSA) is 70.6 Å². The van der Waals surface area contributed by atoms with Gasteiger partial charge in [-0.2, -0.15) is 0 Å². The highest BCUT2D eigenvalue weighted by atomic mass is 16.5. The van der Waals surface area contributed by atoms with E-state index >= 15 is 0 Å². The van der Waals surface area contributed by atoms with Crippen LogP contribution >= 0.6 is 0 Å². The van der Waals surface area contributed by atoms with E-state index in [0.29, 0.717) is 11.6 Å². The minimum atomic E-state index is -0.194. The van der Waals surface area contributed by atoms with Gasteiger partial charge in [-0.3, -0.25) is 4.79 Å². The molecule has 1 aliphatic rings. The van der Waals surface area contributed by atoms with Crippen LogP contribution in [0.2, 0.25) is 0 Å². The summed E-state index contributed by atoms with van der Waals surface area (Å²) in [6, 6.07) is 17.7. The molecule has 0 spiro atoms. The summed E-state index contributed by atoms with van der Waals surface area (Å²) >= 11 is 0. The lowest BCUT2D eigenvalue weighted by Crippen LogP contribution is -2.44. The Bertz CT molecular complexity index is 1100. The number of amides is 1. The van der Waals surface area contributed by atoms with Gasteiger partial charge in [0.1, 0.15) is 5.75 Å². The number of nitrogens with zero attached hydrogens (tertiary/aromatic N) is 4. The molecule has 0 radical (unpaired) electrons. The van der Waals surface area contributed by atoms with Gasteiger partial charge in [-0.15, -0.1) is 10.2 Å². The molecule has 2 heterocycles. The minimum absolute atomic E-state index is 0.0375. The predicted octanol–water partition coefficient (Wildman–Crippen LogP) is 4.34. The first-order chi connectivity index (χ1) is 16.4.